The Morgan fingerprint density at radius 3 is 2.60 bits per heavy atom. The standard InChI is InChI=1S/C13H15Cl2N3O2/c14-11-7-10(18(19)20)8-12(15)13(11)17-6-3-9-1-4-16-5-2-9/h1,7-8,16-17H,2-6H2. The van der Waals surface area contributed by atoms with Gasteiger partial charge in [-0.3, -0.25) is 10.1 Å². The molecule has 7 heteroatoms. The number of halogens is 2. The van der Waals surface area contributed by atoms with E-state index < -0.39 is 4.92 Å². The molecule has 0 bridgehead atoms. The van der Waals surface area contributed by atoms with Gasteiger partial charge >= 0.3 is 0 Å². The molecule has 0 aromatic heterocycles. The Labute approximate surface area is 127 Å². The van der Waals surface area contributed by atoms with Gasteiger partial charge in [0.1, 0.15) is 0 Å². The summed E-state index contributed by atoms with van der Waals surface area (Å²) in [7, 11) is 0. The van der Waals surface area contributed by atoms with E-state index in [4.69, 9.17) is 23.2 Å². The van der Waals surface area contributed by atoms with E-state index in [0.717, 1.165) is 25.9 Å². The minimum Gasteiger partial charge on any atom is -0.382 e. The lowest BCUT2D eigenvalue weighted by atomic mass is 10.1. The van der Waals surface area contributed by atoms with Gasteiger partial charge in [0.05, 0.1) is 20.7 Å². The maximum atomic E-state index is 10.7. The van der Waals surface area contributed by atoms with Gasteiger partial charge in [-0.15, -0.1) is 0 Å². The van der Waals surface area contributed by atoms with Crippen LogP contribution in [0.25, 0.3) is 0 Å². The maximum Gasteiger partial charge on any atom is 0.272 e. The third-order valence-corrected chi connectivity index (χ3v) is 3.74. The first-order valence-corrected chi connectivity index (χ1v) is 7.09. The summed E-state index contributed by atoms with van der Waals surface area (Å²) in [5.41, 5.74) is 1.84. The van der Waals surface area contributed by atoms with Gasteiger partial charge in [0, 0.05) is 25.2 Å². The molecule has 1 aliphatic rings. The highest BCUT2D eigenvalue weighted by atomic mass is 35.5. The first kappa shape index (κ1) is 15.1. The first-order chi connectivity index (χ1) is 9.58. The Morgan fingerprint density at radius 2 is 2.05 bits per heavy atom. The zero-order valence-corrected chi connectivity index (χ0v) is 12.3. The number of nitrogens with zero attached hydrogens (tertiary/aromatic N) is 1. The molecular weight excluding hydrogens is 301 g/mol. The van der Waals surface area contributed by atoms with E-state index in [1.807, 2.05) is 0 Å². The summed E-state index contributed by atoms with van der Waals surface area (Å²) in [6.07, 6.45) is 4.14. The molecule has 2 N–H and O–H groups in total. The Hall–Kier alpha value is -1.30. The number of nitrogens with one attached hydrogen (secondary N) is 2. The molecule has 20 heavy (non-hydrogen) atoms. The molecule has 2 rings (SSSR count). The van der Waals surface area contributed by atoms with E-state index in [2.05, 4.69) is 16.7 Å². The lowest BCUT2D eigenvalue weighted by Crippen LogP contribution is -2.21. The van der Waals surface area contributed by atoms with Gasteiger partial charge in [0.15, 0.2) is 0 Å². The van der Waals surface area contributed by atoms with Gasteiger partial charge in [0.25, 0.3) is 5.69 Å². The third kappa shape index (κ3) is 3.85. The number of hydrogen-bond acceptors (Lipinski definition) is 4. The van der Waals surface area contributed by atoms with Crippen LogP contribution in [0.2, 0.25) is 10.0 Å². The summed E-state index contributed by atoms with van der Waals surface area (Å²) in [6, 6.07) is 2.61. The highest BCUT2D eigenvalue weighted by Crippen LogP contribution is 2.34. The predicted molar refractivity (Wildman–Crippen MR) is 81.8 cm³/mol. The number of rotatable bonds is 5. The molecule has 1 aromatic carbocycles. The van der Waals surface area contributed by atoms with E-state index in [-0.39, 0.29) is 15.7 Å². The molecule has 0 radical (unpaired) electrons. The monoisotopic (exact) mass is 315 g/mol. The fourth-order valence-corrected chi connectivity index (χ4v) is 2.69. The third-order valence-electron chi connectivity index (χ3n) is 3.14. The molecule has 0 spiro atoms. The molecule has 0 saturated carbocycles. The molecular formula is C13H15Cl2N3O2. The molecule has 1 aromatic rings. The fraction of sp³-hybridized carbons (Fsp3) is 0.385. The number of hydrogen-bond donors (Lipinski definition) is 2. The van der Waals surface area contributed by atoms with E-state index in [1.54, 1.807) is 0 Å². The van der Waals surface area contributed by atoms with Gasteiger partial charge in [0.2, 0.25) is 0 Å². The van der Waals surface area contributed by atoms with E-state index in [1.165, 1.54) is 17.7 Å². The summed E-state index contributed by atoms with van der Waals surface area (Å²) in [5.74, 6) is 0. The van der Waals surface area contributed by atoms with Crippen LogP contribution in [0, 0.1) is 10.1 Å². The van der Waals surface area contributed by atoms with E-state index in [9.17, 15) is 10.1 Å². The predicted octanol–water partition coefficient (Wildman–Crippen LogP) is 3.62. The summed E-state index contributed by atoms with van der Waals surface area (Å²) in [6.45, 7) is 2.61. The smallest absolute Gasteiger partial charge is 0.272 e. The first-order valence-electron chi connectivity index (χ1n) is 6.34. The summed E-state index contributed by atoms with van der Waals surface area (Å²) in [5, 5.41) is 17.6. The van der Waals surface area contributed by atoms with Gasteiger partial charge in [-0.05, 0) is 19.4 Å². The van der Waals surface area contributed by atoms with Crippen molar-refractivity contribution >= 4 is 34.6 Å². The highest BCUT2D eigenvalue weighted by molar-refractivity contribution is 6.39. The SMILES string of the molecule is O=[N+]([O-])c1cc(Cl)c(NCCC2=CCNCC2)c(Cl)c1. The van der Waals surface area contributed by atoms with Crippen LogP contribution < -0.4 is 10.6 Å². The zero-order valence-electron chi connectivity index (χ0n) is 10.8. The Balaban J connectivity index is 1.99. The molecule has 1 aliphatic heterocycles. The largest absolute Gasteiger partial charge is 0.382 e. The molecule has 5 nitrogen and oxygen atoms in total. The van der Waals surface area contributed by atoms with Crippen molar-refractivity contribution in [2.24, 2.45) is 0 Å². The minimum absolute atomic E-state index is 0.105. The van der Waals surface area contributed by atoms with Crippen molar-refractivity contribution in [1.82, 2.24) is 5.32 Å². The van der Waals surface area contributed by atoms with Gasteiger partial charge in [-0.2, -0.15) is 0 Å². The van der Waals surface area contributed by atoms with E-state index >= 15 is 0 Å². The Morgan fingerprint density at radius 1 is 1.35 bits per heavy atom. The van der Waals surface area contributed by atoms with Crippen LogP contribution in [-0.2, 0) is 0 Å². The van der Waals surface area contributed by atoms with Crippen molar-refractivity contribution in [3.05, 3.63) is 43.9 Å². The van der Waals surface area contributed by atoms with Crippen LogP contribution in [0.4, 0.5) is 11.4 Å². The number of benzene rings is 1. The molecule has 0 unspecified atom stereocenters. The van der Waals surface area contributed by atoms with Crippen molar-refractivity contribution < 1.29 is 4.92 Å². The van der Waals surface area contributed by atoms with Crippen LogP contribution in [-0.4, -0.2) is 24.6 Å². The van der Waals surface area contributed by atoms with Crippen LogP contribution in [0.1, 0.15) is 12.8 Å². The normalized spacial score (nSPS) is 14.8. The summed E-state index contributed by atoms with van der Waals surface area (Å²) < 4.78 is 0. The second-order valence-corrected chi connectivity index (χ2v) is 5.35. The fourth-order valence-electron chi connectivity index (χ4n) is 2.08. The number of nitro benzene ring substituents is 1. The van der Waals surface area contributed by atoms with Gasteiger partial charge in [-0.25, -0.2) is 0 Å². The van der Waals surface area contributed by atoms with Crippen LogP contribution in [0.3, 0.4) is 0 Å². The second kappa shape index (κ2) is 6.92. The topological polar surface area (TPSA) is 67.2 Å². The average molecular weight is 316 g/mol. The number of anilines is 1. The maximum absolute atomic E-state index is 10.7. The van der Waals surface area contributed by atoms with Gasteiger partial charge < -0.3 is 10.6 Å². The Kier molecular flexibility index (Phi) is 5.23. The molecule has 0 aliphatic carbocycles. The summed E-state index contributed by atoms with van der Waals surface area (Å²) in [4.78, 5) is 10.2. The van der Waals surface area contributed by atoms with Crippen molar-refractivity contribution in [2.75, 3.05) is 25.0 Å². The number of nitro groups is 1. The van der Waals surface area contributed by atoms with Crippen LogP contribution in [0.5, 0.6) is 0 Å². The molecule has 0 atom stereocenters. The molecule has 1 heterocycles. The quantitative estimate of drug-likeness (QED) is 0.494. The van der Waals surface area contributed by atoms with Crippen molar-refractivity contribution in [1.29, 1.82) is 0 Å². The van der Waals surface area contributed by atoms with Crippen molar-refractivity contribution in [2.45, 2.75) is 12.8 Å². The summed E-state index contributed by atoms with van der Waals surface area (Å²) >= 11 is 12.0. The second-order valence-electron chi connectivity index (χ2n) is 4.53. The zero-order chi connectivity index (χ0) is 14.5. The molecule has 0 amide bonds. The van der Waals surface area contributed by atoms with Crippen molar-refractivity contribution in [3.63, 3.8) is 0 Å². The highest BCUT2D eigenvalue weighted by Gasteiger charge is 2.14. The lowest BCUT2D eigenvalue weighted by molar-refractivity contribution is -0.384. The van der Waals surface area contributed by atoms with Crippen LogP contribution >= 0.6 is 23.2 Å². The molecule has 0 fully saturated rings. The van der Waals surface area contributed by atoms with Crippen molar-refractivity contribution in [3.8, 4) is 0 Å². The number of non-ortho nitro benzene ring substituents is 1. The Bertz CT molecular complexity index is 523. The van der Waals surface area contributed by atoms with Crippen LogP contribution in [0.15, 0.2) is 23.8 Å². The lowest BCUT2D eigenvalue weighted by Gasteiger charge is -2.15. The van der Waals surface area contributed by atoms with Gasteiger partial charge in [-0.1, -0.05) is 34.9 Å². The average Bonchev–Trinajstić information content (AvgIpc) is 2.42. The molecule has 108 valence electrons. The van der Waals surface area contributed by atoms with E-state index in [0.29, 0.717) is 12.2 Å². The molecule has 0 saturated heterocycles. The minimum atomic E-state index is -0.513.